The van der Waals surface area contributed by atoms with Gasteiger partial charge in [0.25, 0.3) is 0 Å². The van der Waals surface area contributed by atoms with Gasteiger partial charge in [-0.05, 0) is 12.0 Å². The molecule has 0 amide bonds. The largest absolute Gasteiger partial charge is 0.496 e. The summed E-state index contributed by atoms with van der Waals surface area (Å²) in [6.07, 6.45) is 1.77. The molecule has 3 aromatic rings. The van der Waals surface area contributed by atoms with Crippen molar-refractivity contribution in [3.8, 4) is 17.2 Å². The molecule has 2 N–H and O–H groups in total. The molecule has 2 aromatic carbocycles. The minimum atomic E-state index is -1.75. The SMILES string of the molecule is COCc1nc(C(NC2=CC(=O)C3(Oc4c(Cl)c(OC)cc(OC)c4C3=O)C(C)C2)c2ccccc2)n[nH]1. The van der Waals surface area contributed by atoms with Crippen LogP contribution in [0.1, 0.15) is 47.0 Å². The molecule has 1 aliphatic carbocycles. The van der Waals surface area contributed by atoms with Crippen LogP contribution in [0.2, 0.25) is 5.02 Å². The number of methoxy groups -OCH3 is 3. The van der Waals surface area contributed by atoms with Crippen LogP contribution in [0.3, 0.4) is 0 Å². The standard InChI is InChI=1S/C27H27ClN4O6/c1-14-10-16(29-23(15-8-6-5-7-9-15)26-30-20(13-35-2)31-32-26)11-19(33)27(14)25(34)21-17(36-3)12-18(37-4)22(28)24(21)38-27/h5-9,11-12,14,23,29H,10,13H2,1-4H3,(H,30,31,32). The minimum Gasteiger partial charge on any atom is -0.496 e. The highest BCUT2D eigenvalue weighted by atomic mass is 35.5. The zero-order valence-electron chi connectivity index (χ0n) is 21.3. The third-order valence-electron chi connectivity index (χ3n) is 6.86. The van der Waals surface area contributed by atoms with Crippen molar-refractivity contribution in [1.29, 1.82) is 0 Å². The smallest absolute Gasteiger partial charge is 0.236 e. The number of fused-ring (bicyclic) bond motifs is 1. The lowest BCUT2D eigenvalue weighted by atomic mass is 9.74. The maximum Gasteiger partial charge on any atom is 0.236 e. The van der Waals surface area contributed by atoms with Gasteiger partial charge in [-0.3, -0.25) is 14.7 Å². The van der Waals surface area contributed by atoms with Gasteiger partial charge in [0.2, 0.25) is 17.2 Å². The zero-order chi connectivity index (χ0) is 27.0. The van der Waals surface area contributed by atoms with Gasteiger partial charge in [0.1, 0.15) is 34.7 Å². The number of nitrogens with zero attached hydrogens (tertiary/aromatic N) is 2. The first kappa shape index (κ1) is 25.7. The number of carbonyl (C=O) groups is 2. The van der Waals surface area contributed by atoms with Crippen LogP contribution in [0.25, 0.3) is 0 Å². The van der Waals surface area contributed by atoms with E-state index in [0.29, 0.717) is 23.8 Å². The van der Waals surface area contributed by atoms with E-state index in [9.17, 15) is 9.59 Å². The number of ether oxygens (including phenoxy) is 4. The molecule has 38 heavy (non-hydrogen) atoms. The summed E-state index contributed by atoms with van der Waals surface area (Å²) < 4.78 is 22.0. The first-order chi connectivity index (χ1) is 18.3. The Morgan fingerprint density at radius 1 is 1.18 bits per heavy atom. The van der Waals surface area contributed by atoms with E-state index in [1.165, 1.54) is 26.4 Å². The van der Waals surface area contributed by atoms with Crippen molar-refractivity contribution in [2.45, 2.75) is 31.6 Å². The van der Waals surface area contributed by atoms with E-state index in [4.69, 9.17) is 30.5 Å². The number of carbonyl (C=O) groups excluding carboxylic acids is 2. The molecule has 5 rings (SSSR count). The molecule has 2 aliphatic rings. The van der Waals surface area contributed by atoms with E-state index in [2.05, 4.69) is 20.5 Å². The first-order valence-corrected chi connectivity index (χ1v) is 12.4. The Kier molecular flexibility index (Phi) is 6.85. The Morgan fingerprint density at radius 3 is 2.58 bits per heavy atom. The summed E-state index contributed by atoms with van der Waals surface area (Å²) >= 11 is 6.48. The van der Waals surface area contributed by atoms with Gasteiger partial charge in [0, 0.05) is 30.9 Å². The van der Waals surface area contributed by atoms with Crippen molar-refractivity contribution in [1.82, 2.24) is 20.5 Å². The molecule has 3 unspecified atom stereocenters. The van der Waals surface area contributed by atoms with Gasteiger partial charge < -0.3 is 24.3 Å². The topological polar surface area (TPSA) is 125 Å². The summed E-state index contributed by atoms with van der Waals surface area (Å²) in [5.41, 5.74) is -0.0872. The van der Waals surface area contributed by atoms with Crippen molar-refractivity contribution < 1.29 is 28.5 Å². The van der Waals surface area contributed by atoms with Gasteiger partial charge in [-0.25, -0.2) is 4.98 Å². The number of hydrogen-bond donors (Lipinski definition) is 2. The fourth-order valence-corrected chi connectivity index (χ4v) is 5.26. The highest BCUT2D eigenvalue weighted by Gasteiger charge is 2.60. The maximum absolute atomic E-state index is 13.8. The second kappa shape index (κ2) is 10.1. The highest BCUT2D eigenvalue weighted by molar-refractivity contribution is 6.36. The quantitative estimate of drug-likeness (QED) is 0.412. The Bertz CT molecular complexity index is 1420. The third kappa shape index (κ3) is 4.10. The second-order valence-electron chi connectivity index (χ2n) is 9.17. The van der Waals surface area contributed by atoms with Crippen molar-refractivity contribution in [2.24, 2.45) is 5.92 Å². The van der Waals surface area contributed by atoms with Crippen LogP contribution < -0.4 is 19.5 Å². The normalized spacial score (nSPS) is 21.1. The number of benzene rings is 2. The fraction of sp³-hybridized carbons (Fsp3) is 0.333. The Morgan fingerprint density at radius 2 is 1.92 bits per heavy atom. The summed E-state index contributed by atoms with van der Waals surface area (Å²) in [6.45, 7) is 2.08. The molecule has 0 radical (unpaired) electrons. The van der Waals surface area contributed by atoms with E-state index >= 15 is 0 Å². The summed E-state index contributed by atoms with van der Waals surface area (Å²) in [5, 5.41) is 10.8. The van der Waals surface area contributed by atoms with E-state index in [1.54, 1.807) is 14.0 Å². The molecule has 3 atom stereocenters. The average molecular weight is 539 g/mol. The van der Waals surface area contributed by atoms with Gasteiger partial charge in [-0.15, -0.1) is 0 Å². The molecule has 11 heteroatoms. The van der Waals surface area contributed by atoms with E-state index in [1.807, 2.05) is 30.3 Å². The Balaban J connectivity index is 1.49. The van der Waals surface area contributed by atoms with Crippen LogP contribution in [-0.2, 0) is 16.1 Å². The van der Waals surface area contributed by atoms with Crippen LogP contribution in [0.4, 0.5) is 0 Å². The number of aromatic nitrogens is 3. The molecule has 198 valence electrons. The second-order valence-corrected chi connectivity index (χ2v) is 9.54. The van der Waals surface area contributed by atoms with E-state index < -0.39 is 29.1 Å². The number of allylic oxidation sites excluding steroid dienone is 1. The molecule has 0 bridgehead atoms. The molecular formula is C27H27ClN4O6. The van der Waals surface area contributed by atoms with Crippen molar-refractivity contribution in [2.75, 3.05) is 21.3 Å². The van der Waals surface area contributed by atoms with Gasteiger partial charge in [-0.2, -0.15) is 5.10 Å². The van der Waals surface area contributed by atoms with Crippen LogP contribution in [-0.4, -0.2) is 53.7 Å². The van der Waals surface area contributed by atoms with Crippen LogP contribution in [0, 0.1) is 5.92 Å². The molecule has 0 saturated carbocycles. The summed E-state index contributed by atoms with van der Waals surface area (Å²) in [4.78, 5) is 32.0. The van der Waals surface area contributed by atoms with Crippen molar-refractivity contribution in [3.05, 3.63) is 76.0 Å². The number of hydrogen-bond acceptors (Lipinski definition) is 9. The molecule has 0 fully saturated rings. The lowest BCUT2D eigenvalue weighted by Crippen LogP contribution is -2.55. The lowest BCUT2D eigenvalue weighted by molar-refractivity contribution is -0.129. The van der Waals surface area contributed by atoms with E-state index in [-0.39, 0.29) is 34.4 Å². The van der Waals surface area contributed by atoms with E-state index in [0.717, 1.165) is 5.56 Å². The minimum absolute atomic E-state index is 0.0893. The molecule has 1 spiro atoms. The number of ketones is 2. The predicted octanol–water partition coefficient (Wildman–Crippen LogP) is 3.81. The molecule has 1 aromatic heterocycles. The summed E-state index contributed by atoms with van der Waals surface area (Å²) in [6, 6.07) is 10.7. The average Bonchev–Trinajstić information content (AvgIpc) is 3.51. The zero-order valence-corrected chi connectivity index (χ0v) is 22.1. The Labute approximate surface area is 224 Å². The Hall–Kier alpha value is -3.89. The molecule has 0 saturated heterocycles. The van der Waals surface area contributed by atoms with Crippen LogP contribution in [0.5, 0.6) is 17.2 Å². The maximum atomic E-state index is 13.8. The predicted molar refractivity (Wildman–Crippen MR) is 138 cm³/mol. The molecule has 1 aliphatic heterocycles. The monoisotopic (exact) mass is 538 g/mol. The fourth-order valence-electron chi connectivity index (χ4n) is 5.00. The number of aromatic amines is 1. The summed E-state index contributed by atoms with van der Waals surface area (Å²) in [5.74, 6) is 0.179. The number of H-pyrrole nitrogens is 1. The van der Waals surface area contributed by atoms with Gasteiger partial charge in [0.05, 0.1) is 14.2 Å². The van der Waals surface area contributed by atoms with Crippen LogP contribution >= 0.6 is 11.6 Å². The molecule has 2 heterocycles. The van der Waals surface area contributed by atoms with Gasteiger partial charge >= 0.3 is 0 Å². The summed E-state index contributed by atoms with van der Waals surface area (Å²) in [7, 11) is 4.46. The number of Topliss-reactive ketones (excluding diaryl/α,β-unsaturated/α-hetero) is 1. The third-order valence-corrected chi connectivity index (χ3v) is 7.22. The van der Waals surface area contributed by atoms with Crippen molar-refractivity contribution in [3.63, 3.8) is 0 Å². The van der Waals surface area contributed by atoms with Crippen LogP contribution in [0.15, 0.2) is 48.2 Å². The first-order valence-electron chi connectivity index (χ1n) is 12.0. The molecule has 10 nitrogen and oxygen atoms in total. The lowest BCUT2D eigenvalue weighted by Gasteiger charge is -2.36. The van der Waals surface area contributed by atoms with Gasteiger partial charge in [0.15, 0.2) is 17.4 Å². The molecular weight excluding hydrogens is 512 g/mol. The number of rotatable bonds is 8. The number of halogens is 1. The highest BCUT2D eigenvalue weighted by Crippen LogP contribution is 2.53. The number of nitrogens with one attached hydrogen (secondary N) is 2. The van der Waals surface area contributed by atoms with Crippen molar-refractivity contribution >= 4 is 23.2 Å². The van der Waals surface area contributed by atoms with Gasteiger partial charge in [-0.1, -0.05) is 48.9 Å².